The SMILES string of the molecule is O=C(C/C(C/C(=N\O[Si](c1ccccc1)(c1ccccc1)c1ccccc1)c1ccccc1)=N\O[Si](c1ccccc1)(c1ccccc1)c1ccccc1)c1ccccc1. The molecule has 0 aromatic heterocycles. The zero-order valence-corrected chi connectivity index (χ0v) is 35.1. The summed E-state index contributed by atoms with van der Waals surface area (Å²) in [5.41, 5.74) is 2.61. The Kier molecular flexibility index (Phi) is 12.6. The fraction of sp³-hybridized carbons (Fsp3) is 0.0377. The van der Waals surface area contributed by atoms with E-state index < -0.39 is 16.6 Å². The van der Waals surface area contributed by atoms with Crippen molar-refractivity contribution >= 4 is 65.0 Å². The maximum absolute atomic E-state index is 14.2. The Morgan fingerprint density at radius 1 is 0.333 bits per heavy atom. The van der Waals surface area contributed by atoms with Crippen LogP contribution in [0, 0.1) is 0 Å². The Bertz CT molecular complexity index is 2440. The third kappa shape index (κ3) is 8.63. The van der Waals surface area contributed by atoms with Gasteiger partial charge >= 0.3 is 16.6 Å². The molecule has 8 rings (SSSR count). The molecule has 5 nitrogen and oxygen atoms in total. The molecule has 0 saturated heterocycles. The third-order valence-electron chi connectivity index (χ3n) is 10.6. The predicted molar refractivity (Wildman–Crippen MR) is 251 cm³/mol. The van der Waals surface area contributed by atoms with Gasteiger partial charge in [-0.1, -0.05) is 243 Å². The lowest BCUT2D eigenvalue weighted by molar-refractivity contribution is 0.0999. The maximum Gasteiger partial charge on any atom is 0.380 e. The van der Waals surface area contributed by atoms with Gasteiger partial charge in [-0.2, -0.15) is 0 Å². The van der Waals surface area contributed by atoms with Gasteiger partial charge < -0.3 is 9.05 Å². The molecule has 8 aromatic rings. The van der Waals surface area contributed by atoms with Crippen LogP contribution >= 0.6 is 0 Å². The van der Waals surface area contributed by atoms with E-state index in [1.807, 2.05) is 170 Å². The van der Waals surface area contributed by atoms with Crippen LogP contribution in [0.1, 0.15) is 28.8 Å². The van der Waals surface area contributed by atoms with Crippen LogP contribution in [0.3, 0.4) is 0 Å². The molecule has 0 radical (unpaired) electrons. The van der Waals surface area contributed by atoms with Gasteiger partial charge in [-0.25, -0.2) is 0 Å². The number of hydrogen-bond acceptors (Lipinski definition) is 5. The molecule has 0 fully saturated rings. The molecule has 0 aliphatic carbocycles. The van der Waals surface area contributed by atoms with E-state index in [0.717, 1.165) is 36.7 Å². The molecule has 60 heavy (non-hydrogen) atoms. The highest BCUT2D eigenvalue weighted by Gasteiger charge is 2.46. The van der Waals surface area contributed by atoms with Crippen molar-refractivity contribution in [1.82, 2.24) is 0 Å². The minimum atomic E-state index is -3.29. The molecule has 0 unspecified atom stereocenters. The predicted octanol–water partition coefficient (Wildman–Crippen LogP) is 7.78. The lowest BCUT2D eigenvalue weighted by Crippen LogP contribution is -2.68. The molecule has 8 aromatic carbocycles. The summed E-state index contributed by atoms with van der Waals surface area (Å²) < 4.78 is 14.4. The molecule has 0 spiro atoms. The Morgan fingerprint density at radius 2 is 0.600 bits per heavy atom. The molecule has 7 heteroatoms. The van der Waals surface area contributed by atoms with Gasteiger partial charge in [0.15, 0.2) is 5.78 Å². The average molecular weight is 813 g/mol. The highest BCUT2D eigenvalue weighted by molar-refractivity contribution is 7.07. The Hall–Kier alpha value is -7.20. The normalized spacial score (nSPS) is 12.1. The Labute approximate surface area is 354 Å². The second kappa shape index (κ2) is 19.0. The molecule has 0 amide bonds. The summed E-state index contributed by atoms with van der Waals surface area (Å²) in [5.74, 6) is -0.0701. The van der Waals surface area contributed by atoms with Crippen molar-refractivity contribution in [2.75, 3.05) is 0 Å². The van der Waals surface area contributed by atoms with Crippen LogP contribution in [0.2, 0.25) is 0 Å². The van der Waals surface area contributed by atoms with Crippen molar-refractivity contribution in [2.24, 2.45) is 10.3 Å². The lowest BCUT2D eigenvalue weighted by atomic mass is 9.99. The number of benzene rings is 8. The maximum atomic E-state index is 14.2. The zero-order chi connectivity index (χ0) is 40.9. The molecule has 0 bridgehead atoms. The first kappa shape index (κ1) is 39.6. The summed E-state index contributed by atoms with van der Waals surface area (Å²) >= 11 is 0. The van der Waals surface area contributed by atoms with E-state index in [1.165, 1.54) is 0 Å². The third-order valence-corrected chi connectivity index (χ3v) is 18.2. The molecule has 0 saturated carbocycles. The van der Waals surface area contributed by atoms with Gasteiger partial charge in [0.05, 0.1) is 17.8 Å². The summed E-state index contributed by atoms with van der Waals surface area (Å²) in [5, 5.41) is 16.5. The van der Waals surface area contributed by atoms with Crippen molar-refractivity contribution < 1.29 is 13.8 Å². The van der Waals surface area contributed by atoms with Crippen LogP contribution in [0.5, 0.6) is 0 Å². The minimum absolute atomic E-state index is 0.0113. The molecule has 292 valence electrons. The fourth-order valence-electron chi connectivity index (χ4n) is 7.66. The first-order chi connectivity index (χ1) is 29.7. The van der Waals surface area contributed by atoms with Gasteiger partial charge in [0.1, 0.15) is 0 Å². The number of oxime groups is 2. The van der Waals surface area contributed by atoms with E-state index >= 15 is 0 Å². The van der Waals surface area contributed by atoms with Gasteiger partial charge in [0, 0.05) is 12.0 Å². The average Bonchev–Trinajstić information content (AvgIpc) is 3.34. The zero-order valence-electron chi connectivity index (χ0n) is 33.1. The van der Waals surface area contributed by atoms with E-state index in [1.54, 1.807) is 0 Å². The molecule has 0 heterocycles. The van der Waals surface area contributed by atoms with Gasteiger partial charge in [-0.3, -0.25) is 4.79 Å². The minimum Gasteiger partial charge on any atom is -0.438 e. The number of hydrogen-bond donors (Lipinski definition) is 0. The van der Waals surface area contributed by atoms with Crippen LogP contribution in [-0.2, 0) is 9.05 Å². The number of carbonyl (C=O) groups excluding carboxylic acids is 1. The Morgan fingerprint density at radius 3 is 0.917 bits per heavy atom. The summed E-state index contributed by atoms with van der Waals surface area (Å²) in [6.07, 6.45) is 0.200. The number of nitrogens with zero attached hydrogens (tertiary/aromatic N) is 2. The largest absolute Gasteiger partial charge is 0.438 e. The number of ketones is 1. The van der Waals surface area contributed by atoms with E-state index in [0.29, 0.717) is 17.0 Å². The van der Waals surface area contributed by atoms with E-state index in [-0.39, 0.29) is 18.6 Å². The lowest BCUT2D eigenvalue weighted by Gasteiger charge is -2.31. The van der Waals surface area contributed by atoms with Gasteiger partial charge in [0.2, 0.25) is 0 Å². The highest BCUT2D eigenvalue weighted by Crippen LogP contribution is 2.18. The van der Waals surface area contributed by atoms with Crippen molar-refractivity contribution in [3.8, 4) is 0 Å². The van der Waals surface area contributed by atoms with Crippen molar-refractivity contribution in [3.05, 3.63) is 254 Å². The standard InChI is InChI=1S/C53H44N2O3Si2/c56-53(44-27-11-2-12-28-44)42-45(54-57-59(46-29-13-3-14-30-46,47-31-15-4-16-32-47)48-33-17-5-18-34-48)41-52(43-25-9-1-10-26-43)55-58-60(49-35-19-6-20-36-49,50-37-21-7-22-38-50)51-39-23-8-24-40-51/h1-40H,41-42H2/b54-45-,55-52+. The summed E-state index contributed by atoms with van der Waals surface area (Å²) in [6, 6.07) is 81.4. The van der Waals surface area contributed by atoms with Gasteiger partial charge in [-0.05, 0) is 36.7 Å². The van der Waals surface area contributed by atoms with E-state index in [4.69, 9.17) is 19.4 Å². The molecular weight excluding hydrogens is 769 g/mol. The van der Waals surface area contributed by atoms with Crippen LogP contribution in [0.4, 0.5) is 0 Å². The summed E-state index contributed by atoms with van der Waals surface area (Å²) in [4.78, 5) is 14.2. The summed E-state index contributed by atoms with van der Waals surface area (Å²) in [7, 11) is -6.55. The molecular formula is C53H44N2O3Si2. The number of rotatable bonds is 16. The van der Waals surface area contributed by atoms with E-state index in [9.17, 15) is 4.79 Å². The topological polar surface area (TPSA) is 60.2 Å². The second-order valence-corrected chi connectivity index (χ2v) is 21.0. The van der Waals surface area contributed by atoms with Crippen LogP contribution in [0.25, 0.3) is 0 Å². The highest BCUT2D eigenvalue weighted by atomic mass is 28.4. The summed E-state index contributed by atoms with van der Waals surface area (Å²) in [6.45, 7) is 0. The first-order valence-electron chi connectivity index (χ1n) is 20.1. The van der Waals surface area contributed by atoms with Crippen LogP contribution < -0.4 is 31.1 Å². The first-order valence-corrected chi connectivity index (χ1v) is 23.9. The monoisotopic (exact) mass is 812 g/mol. The number of Topliss-reactive ketones (excluding diaryl/α,β-unsaturated/α-hetero) is 1. The molecule has 0 atom stereocenters. The van der Waals surface area contributed by atoms with Gasteiger partial charge in [0.25, 0.3) is 0 Å². The smallest absolute Gasteiger partial charge is 0.380 e. The van der Waals surface area contributed by atoms with E-state index in [2.05, 4.69) is 72.8 Å². The van der Waals surface area contributed by atoms with Crippen LogP contribution in [-0.4, -0.2) is 33.8 Å². The number of carbonyl (C=O) groups is 1. The van der Waals surface area contributed by atoms with Crippen LogP contribution in [0.15, 0.2) is 253 Å². The fourth-order valence-corrected chi connectivity index (χ4v) is 14.8. The molecule has 0 aliphatic rings. The van der Waals surface area contributed by atoms with Gasteiger partial charge in [-0.15, -0.1) is 10.3 Å². The molecule has 0 aliphatic heterocycles. The molecule has 0 N–H and O–H groups in total. The second-order valence-electron chi connectivity index (χ2n) is 14.4. The van der Waals surface area contributed by atoms with Crippen molar-refractivity contribution in [3.63, 3.8) is 0 Å². The quantitative estimate of drug-likeness (QED) is 0.0330. The Balaban J connectivity index is 1.30. The van der Waals surface area contributed by atoms with Crippen molar-refractivity contribution in [2.45, 2.75) is 12.8 Å². The van der Waals surface area contributed by atoms with Crippen molar-refractivity contribution in [1.29, 1.82) is 0 Å².